The van der Waals surface area contributed by atoms with Gasteiger partial charge in [0.1, 0.15) is 4.83 Å². The van der Waals surface area contributed by atoms with Crippen LogP contribution in [0.3, 0.4) is 0 Å². The maximum absolute atomic E-state index is 12.6. The Morgan fingerprint density at radius 2 is 2.00 bits per heavy atom. The van der Waals surface area contributed by atoms with Crippen molar-refractivity contribution in [3.63, 3.8) is 0 Å². The second-order valence-electron chi connectivity index (χ2n) is 5.12. The van der Waals surface area contributed by atoms with Gasteiger partial charge in [0.05, 0.1) is 32.3 Å². The standard InChI is InChI=1S/C16H13Cl2N3O2S/c1-3-21-7-19-15-11(16(21)23)8(2)13(24-15)14(22)20-12-9(17)5-4-6-10(12)18/h4-7H,3H2,1-2H3,(H,20,22). The molecule has 1 amide bonds. The maximum Gasteiger partial charge on any atom is 0.266 e. The molecule has 0 fully saturated rings. The number of hydrogen-bond donors (Lipinski definition) is 1. The molecule has 8 heteroatoms. The molecule has 24 heavy (non-hydrogen) atoms. The van der Waals surface area contributed by atoms with E-state index in [4.69, 9.17) is 23.2 Å². The number of thiophene rings is 1. The van der Waals surface area contributed by atoms with Crippen LogP contribution in [-0.4, -0.2) is 15.5 Å². The lowest BCUT2D eigenvalue weighted by molar-refractivity contribution is 0.103. The van der Waals surface area contributed by atoms with Gasteiger partial charge in [0.25, 0.3) is 11.5 Å². The van der Waals surface area contributed by atoms with Gasteiger partial charge < -0.3 is 5.32 Å². The third kappa shape index (κ3) is 2.81. The summed E-state index contributed by atoms with van der Waals surface area (Å²) in [7, 11) is 0. The lowest BCUT2D eigenvalue weighted by Crippen LogP contribution is -2.19. The number of nitrogens with zero attached hydrogens (tertiary/aromatic N) is 2. The average molecular weight is 382 g/mol. The molecule has 0 atom stereocenters. The van der Waals surface area contributed by atoms with E-state index in [2.05, 4.69) is 10.3 Å². The van der Waals surface area contributed by atoms with E-state index in [9.17, 15) is 9.59 Å². The Hall–Kier alpha value is -1.89. The summed E-state index contributed by atoms with van der Waals surface area (Å²) in [5.41, 5.74) is 0.809. The first-order valence-electron chi connectivity index (χ1n) is 7.18. The Kier molecular flexibility index (Phi) is 4.62. The van der Waals surface area contributed by atoms with Gasteiger partial charge in [-0.3, -0.25) is 14.2 Å². The van der Waals surface area contributed by atoms with Crippen LogP contribution in [0.25, 0.3) is 10.2 Å². The number of amides is 1. The van der Waals surface area contributed by atoms with Gasteiger partial charge in [-0.05, 0) is 31.5 Å². The lowest BCUT2D eigenvalue weighted by Gasteiger charge is -2.08. The predicted octanol–water partition coefficient (Wildman–Crippen LogP) is 4.35. The summed E-state index contributed by atoms with van der Waals surface area (Å²) in [6.45, 7) is 4.13. The minimum atomic E-state index is -0.368. The molecule has 0 bridgehead atoms. The van der Waals surface area contributed by atoms with Crippen molar-refractivity contribution in [1.29, 1.82) is 0 Å². The molecule has 0 radical (unpaired) electrons. The zero-order valence-corrected chi connectivity index (χ0v) is 15.2. The summed E-state index contributed by atoms with van der Waals surface area (Å²) >= 11 is 13.3. The van der Waals surface area contributed by atoms with Gasteiger partial charge in [0.15, 0.2) is 0 Å². The van der Waals surface area contributed by atoms with Gasteiger partial charge in [-0.2, -0.15) is 0 Å². The Morgan fingerprint density at radius 3 is 2.62 bits per heavy atom. The lowest BCUT2D eigenvalue weighted by atomic mass is 10.2. The van der Waals surface area contributed by atoms with Gasteiger partial charge in [-0.1, -0.05) is 29.3 Å². The molecule has 2 aromatic heterocycles. The summed E-state index contributed by atoms with van der Waals surface area (Å²) in [5, 5.41) is 3.88. The first-order valence-corrected chi connectivity index (χ1v) is 8.75. The summed E-state index contributed by atoms with van der Waals surface area (Å²) in [5.74, 6) is -0.368. The highest BCUT2D eigenvalue weighted by Gasteiger charge is 2.20. The van der Waals surface area contributed by atoms with E-state index < -0.39 is 0 Å². The van der Waals surface area contributed by atoms with E-state index in [0.29, 0.717) is 42.9 Å². The number of carbonyl (C=O) groups is 1. The highest BCUT2D eigenvalue weighted by molar-refractivity contribution is 7.20. The summed E-state index contributed by atoms with van der Waals surface area (Å²) in [4.78, 5) is 30.3. The monoisotopic (exact) mass is 381 g/mol. The van der Waals surface area contributed by atoms with Crippen LogP contribution >= 0.6 is 34.5 Å². The summed E-state index contributed by atoms with van der Waals surface area (Å²) < 4.78 is 1.51. The number of para-hydroxylation sites is 1. The van der Waals surface area contributed by atoms with Gasteiger partial charge >= 0.3 is 0 Å². The molecular weight excluding hydrogens is 369 g/mol. The van der Waals surface area contributed by atoms with Gasteiger partial charge in [-0.25, -0.2) is 4.98 Å². The fourth-order valence-corrected chi connectivity index (χ4v) is 3.92. The van der Waals surface area contributed by atoms with Crippen molar-refractivity contribution >= 4 is 56.3 Å². The molecule has 124 valence electrons. The Morgan fingerprint density at radius 1 is 1.33 bits per heavy atom. The quantitative estimate of drug-likeness (QED) is 0.733. The van der Waals surface area contributed by atoms with Crippen molar-refractivity contribution in [2.75, 3.05) is 5.32 Å². The molecule has 5 nitrogen and oxygen atoms in total. The third-order valence-corrected chi connectivity index (χ3v) is 5.49. The van der Waals surface area contributed by atoms with Crippen LogP contribution in [0.15, 0.2) is 29.3 Å². The number of aryl methyl sites for hydroxylation is 2. The number of halogens is 2. The minimum absolute atomic E-state index is 0.147. The molecule has 0 unspecified atom stereocenters. The molecule has 0 spiro atoms. The SMILES string of the molecule is CCn1cnc2sc(C(=O)Nc3c(Cl)cccc3Cl)c(C)c2c1=O. The molecule has 0 aliphatic rings. The third-order valence-electron chi connectivity index (χ3n) is 3.67. The topological polar surface area (TPSA) is 64.0 Å². The predicted molar refractivity (Wildman–Crippen MR) is 98.7 cm³/mol. The van der Waals surface area contributed by atoms with Crippen LogP contribution in [0.1, 0.15) is 22.2 Å². The van der Waals surface area contributed by atoms with E-state index in [1.54, 1.807) is 25.1 Å². The fourth-order valence-electron chi connectivity index (χ4n) is 2.39. The first kappa shape index (κ1) is 17.0. The minimum Gasteiger partial charge on any atom is -0.319 e. The van der Waals surface area contributed by atoms with Crippen LogP contribution in [-0.2, 0) is 6.54 Å². The van der Waals surface area contributed by atoms with Gasteiger partial charge in [-0.15, -0.1) is 11.3 Å². The van der Waals surface area contributed by atoms with Crippen molar-refractivity contribution in [1.82, 2.24) is 9.55 Å². The van der Waals surface area contributed by atoms with Crippen LogP contribution < -0.4 is 10.9 Å². The number of anilines is 1. The molecule has 1 N–H and O–H groups in total. The Balaban J connectivity index is 2.07. The first-order chi connectivity index (χ1) is 11.4. The molecule has 3 aromatic rings. The normalized spacial score (nSPS) is 11.0. The van der Waals surface area contributed by atoms with Crippen LogP contribution in [0.4, 0.5) is 5.69 Å². The van der Waals surface area contributed by atoms with E-state index in [-0.39, 0.29) is 11.5 Å². The van der Waals surface area contributed by atoms with Gasteiger partial charge in [0.2, 0.25) is 0 Å². The summed E-state index contributed by atoms with van der Waals surface area (Å²) in [6, 6.07) is 4.98. The van der Waals surface area contributed by atoms with Crippen molar-refractivity contribution < 1.29 is 4.79 Å². The highest BCUT2D eigenvalue weighted by atomic mass is 35.5. The smallest absolute Gasteiger partial charge is 0.266 e. The van der Waals surface area contributed by atoms with Crippen molar-refractivity contribution in [3.8, 4) is 0 Å². The molecule has 0 saturated carbocycles. The number of benzene rings is 1. The van der Waals surface area contributed by atoms with E-state index in [1.165, 1.54) is 22.2 Å². The van der Waals surface area contributed by atoms with Crippen LogP contribution in [0.2, 0.25) is 10.0 Å². The average Bonchev–Trinajstić information content (AvgIpc) is 2.89. The molecule has 0 aliphatic heterocycles. The Bertz CT molecular complexity index is 990. The molecule has 2 heterocycles. The second kappa shape index (κ2) is 6.55. The van der Waals surface area contributed by atoms with E-state index >= 15 is 0 Å². The summed E-state index contributed by atoms with van der Waals surface area (Å²) in [6.07, 6.45) is 1.49. The number of fused-ring (bicyclic) bond motifs is 1. The molecule has 1 aromatic carbocycles. The molecule has 0 aliphatic carbocycles. The largest absolute Gasteiger partial charge is 0.319 e. The number of nitrogens with one attached hydrogen (secondary N) is 1. The second-order valence-corrected chi connectivity index (χ2v) is 6.94. The zero-order chi connectivity index (χ0) is 17.4. The van der Waals surface area contributed by atoms with Crippen molar-refractivity contribution in [3.05, 3.63) is 55.4 Å². The number of aromatic nitrogens is 2. The number of rotatable bonds is 3. The fraction of sp³-hybridized carbons (Fsp3) is 0.188. The number of hydrogen-bond acceptors (Lipinski definition) is 4. The van der Waals surface area contributed by atoms with Gasteiger partial charge in [0, 0.05) is 6.54 Å². The van der Waals surface area contributed by atoms with E-state index in [0.717, 1.165) is 0 Å². The van der Waals surface area contributed by atoms with E-state index in [1.807, 2.05) is 6.92 Å². The number of carbonyl (C=O) groups excluding carboxylic acids is 1. The van der Waals surface area contributed by atoms with Crippen molar-refractivity contribution in [2.24, 2.45) is 0 Å². The highest BCUT2D eigenvalue weighted by Crippen LogP contribution is 2.32. The van der Waals surface area contributed by atoms with Crippen molar-refractivity contribution in [2.45, 2.75) is 20.4 Å². The maximum atomic E-state index is 12.6. The molecule has 0 saturated heterocycles. The van der Waals surface area contributed by atoms with Crippen LogP contribution in [0, 0.1) is 6.92 Å². The zero-order valence-electron chi connectivity index (χ0n) is 12.9. The molecular formula is C16H13Cl2N3O2S. The Labute approximate surface area is 151 Å². The molecule has 3 rings (SSSR count). The van der Waals surface area contributed by atoms with Crippen LogP contribution in [0.5, 0.6) is 0 Å².